The maximum absolute atomic E-state index is 12.0. The number of thiophene rings is 1. The number of hydrogen-bond donors (Lipinski definition) is 2. The zero-order chi connectivity index (χ0) is 14.0. The van der Waals surface area contributed by atoms with Gasteiger partial charge < -0.3 is 5.11 Å². The quantitative estimate of drug-likeness (QED) is 0.837. The van der Waals surface area contributed by atoms with Crippen molar-refractivity contribution >= 4 is 48.9 Å². The number of sulfonamides is 1. The zero-order valence-electron chi connectivity index (χ0n) is 9.28. The third-order valence-electron chi connectivity index (χ3n) is 2.01. The highest BCUT2D eigenvalue weighted by Crippen LogP contribution is 2.29. The van der Waals surface area contributed by atoms with E-state index in [9.17, 15) is 13.2 Å². The maximum Gasteiger partial charge on any atom is 0.325 e. The first kappa shape index (κ1) is 14.0. The Morgan fingerprint density at radius 3 is 2.89 bits per heavy atom. The Labute approximate surface area is 121 Å². The van der Waals surface area contributed by atoms with E-state index in [-0.39, 0.29) is 16.4 Å². The Morgan fingerprint density at radius 1 is 1.58 bits per heavy atom. The number of carboxylic acid groups (broad SMARTS) is 1. The summed E-state index contributed by atoms with van der Waals surface area (Å²) in [4.78, 5) is 10.5. The lowest BCUT2D eigenvalue weighted by molar-refractivity contribution is -0.137. The molecule has 0 aliphatic carbocycles. The molecule has 0 unspecified atom stereocenters. The van der Waals surface area contributed by atoms with Crippen LogP contribution in [0, 0.1) is 0 Å². The molecule has 0 radical (unpaired) electrons. The normalized spacial score (nSPS) is 11.4. The van der Waals surface area contributed by atoms with Crippen LogP contribution in [-0.2, 0) is 21.4 Å². The molecule has 2 rings (SSSR count). The lowest BCUT2D eigenvalue weighted by atomic mass is 10.6. The van der Waals surface area contributed by atoms with E-state index in [0.717, 1.165) is 16.0 Å². The lowest BCUT2D eigenvalue weighted by Crippen LogP contribution is -2.12. The summed E-state index contributed by atoms with van der Waals surface area (Å²) in [5.41, 5.74) is 0.210. The first-order chi connectivity index (χ1) is 8.88. The summed E-state index contributed by atoms with van der Waals surface area (Å²) < 4.78 is 28.1. The summed E-state index contributed by atoms with van der Waals surface area (Å²) in [6, 6.07) is 1.63. The van der Waals surface area contributed by atoms with Gasteiger partial charge >= 0.3 is 5.97 Å². The molecular formula is C9H8BrN3O4S2. The molecular weight excluding hydrogens is 358 g/mol. The minimum absolute atomic E-state index is 0.151. The first-order valence-corrected chi connectivity index (χ1v) is 8.04. The minimum Gasteiger partial charge on any atom is -0.480 e. The molecule has 0 saturated heterocycles. The summed E-state index contributed by atoms with van der Waals surface area (Å²) in [5.74, 6) is -1.06. The Morgan fingerprint density at radius 2 is 2.32 bits per heavy atom. The van der Waals surface area contributed by atoms with Crippen molar-refractivity contribution in [3.8, 4) is 0 Å². The fourth-order valence-corrected chi connectivity index (χ4v) is 4.68. The van der Waals surface area contributed by atoms with Crippen molar-refractivity contribution < 1.29 is 18.3 Å². The number of carbonyl (C=O) groups is 1. The van der Waals surface area contributed by atoms with Gasteiger partial charge in [-0.05, 0) is 27.4 Å². The molecule has 0 aliphatic rings. The average molecular weight is 366 g/mol. The van der Waals surface area contributed by atoms with Crippen LogP contribution >= 0.6 is 27.3 Å². The summed E-state index contributed by atoms with van der Waals surface area (Å²) in [6.45, 7) is -0.329. The third kappa shape index (κ3) is 3.33. The van der Waals surface area contributed by atoms with Gasteiger partial charge in [0.1, 0.15) is 6.54 Å². The number of nitrogens with zero attached hydrogens (tertiary/aromatic N) is 2. The predicted molar refractivity (Wildman–Crippen MR) is 72.7 cm³/mol. The Bertz CT molecular complexity index is 707. The zero-order valence-corrected chi connectivity index (χ0v) is 12.5. The SMILES string of the molecule is O=C(O)Cn1cc(NS(=O)(=O)c2sccc2Br)cn1. The summed E-state index contributed by atoms with van der Waals surface area (Å²) in [5, 5.41) is 14.0. The highest BCUT2D eigenvalue weighted by atomic mass is 79.9. The molecule has 2 heterocycles. The van der Waals surface area contributed by atoms with E-state index >= 15 is 0 Å². The molecule has 10 heteroatoms. The molecule has 19 heavy (non-hydrogen) atoms. The van der Waals surface area contributed by atoms with Crippen LogP contribution in [0.2, 0.25) is 0 Å². The van der Waals surface area contributed by atoms with Crippen molar-refractivity contribution in [2.75, 3.05) is 4.72 Å². The van der Waals surface area contributed by atoms with Gasteiger partial charge in [-0.25, -0.2) is 8.42 Å². The number of aromatic nitrogens is 2. The van der Waals surface area contributed by atoms with Gasteiger partial charge in [-0.1, -0.05) is 0 Å². The number of aliphatic carboxylic acids is 1. The van der Waals surface area contributed by atoms with E-state index in [0.29, 0.717) is 4.47 Å². The van der Waals surface area contributed by atoms with Crippen LogP contribution in [0.1, 0.15) is 0 Å². The van der Waals surface area contributed by atoms with E-state index < -0.39 is 16.0 Å². The molecule has 102 valence electrons. The van der Waals surface area contributed by atoms with Crippen molar-refractivity contribution in [2.24, 2.45) is 0 Å². The summed E-state index contributed by atoms with van der Waals surface area (Å²) in [6.07, 6.45) is 2.56. The Hall–Kier alpha value is -1.39. The number of rotatable bonds is 5. The first-order valence-electron chi connectivity index (χ1n) is 4.88. The van der Waals surface area contributed by atoms with Crippen molar-refractivity contribution in [2.45, 2.75) is 10.8 Å². The van der Waals surface area contributed by atoms with Gasteiger partial charge in [0.2, 0.25) is 0 Å². The summed E-state index contributed by atoms with van der Waals surface area (Å²) in [7, 11) is -3.69. The van der Waals surface area contributed by atoms with Crippen LogP contribution in [0.25, 0.3) is 0 Å². The van der Waals surface area contributed by atoms with E-state index in [1.807, 2.05) is 0 Å². The second-order valence-electron chi connectivity index (χ2n) is 3.48. The Kier molecular flexibility index (Phi) is 3.92. The van der Waals surface area contributed by atoms with Crippen LogP contribution < -0.4 is 4.72 Å². The van der Waals surface area contributed by atoms with Crippen molar-refractivity contribution in [1.82, 2.24) is 9.78 Å². The highest BCUT2D eigenvalue weighted by molar-refractivity contribution is 9.10. The molecule has 2 aromatic heterocycles. The van der Waals surface area contributed by atoms with E-state index in [1.54, 1.807) is 11.4 Å². The van der Waals surface area contributed by atoms with Crippen LogP contribution in [0.4, 0.5) is 5.69 Å². The van der Waals surface area contributed by atoms with E-state index in [4.69, 9.17) is 5.11 Å². The second-order valence-corrected chi connectivity index (χ2v) is 7.13. The minimum atomic E-state index is -3.69. The number of carboxylic acids is 1. The maximum atomic E-state index is 12.0. The summed E-state index contributed by atoms with van der Waals surface area (Å²) >= 11 is 4.22. The molecule has 0 bridgehead atoms. The van der Waals surface area contributed by atoms with Crippen molar-refractivity contribution in [3.63, 3.8) is 0 Å². The van der Waals surface area contributed by atoms with Crippen molar-refractivity contribution in [1.29, 1.82) is 0 Å². The molecule has 0 aromatic carbocycles. The second kappa shape index (κ2) is 5.31. The van der Waals surface area contributed by atoms with Gasteiger partial charge in [-0.15, -0.1) is 11.3 Å². The number of hydrogen-bond acceptors (Lipinski definition) is 5. The van der Waals surface area contributed by atoms with Crippen LogP contribution in [0.15, 0.2) is 32.5 Å². The van der Waals surface area contributed by atoms with Crippen molar-refractivity contribution in [3.05, 3.63) is 28.3 Å². The molecule has 0 amide bonds. The van der Waals surface area contributed by atoms with Gasteiger partial charge in [0.25, 0.3) is 10.0 Å². The molecule has 0 fully saturated rings. The molecule has 2 N–H and O–H groups in total. The molecule has 0 atom stereocenters. The smallest absolute Gasteiger partial charge is 0.325 e. The third-order valence-corrected chi connectivity index (χ3v) is 6.06. The van der Waals surface area contributed by atoms with Gasteiger partial charge in [0, 0.05) is 10.7 Å². The standard InChI is InChI=1S/C9H8BrN3O4S2/c10-7-1-2-18-9(7)19(16,17)12-6-3-11-13(4-6)5-8(14)15/h1-4,12H,5H2,(H,14,15). The fraction of sp³-hybridized carbons (Fsp3) is 0.111. The van der Waals surface area contributed by atoms with Crippen LogP contribution in [-0.4, -0.2) is 29.3 Å². The molecule has 0 aliphatic heterocycles. The average Bonchev–Trinajstić information content (AvgIpc) is 2.86. The van der Waals surface area contributed by atoms with Gasteiger partial charge in [-0.2, -0.15) is 5.10 Å². The lowest BCUT2D eigenvalue weighted by Gasteiger charge is -2.03. The van der Waals surface area contributed by atoms with Crippen LogP contribution in [0.3, 0.4) is 0 Å². The van der Waals surface area contributed by atoms with Gasteiger partial charge in [-0.3, -0.25) is 14.2 Å². The monoisotopic (exact) mass is 365 g/mol. The molecule has 0 saturated carbocycles. The Balaban J connectivity index is 2.19. The largest absolute Gasteiger partial charge is 0.480 e. The number of halogens is 1. The predicted octanol–water partition coefficient (Wildman–Crippen LogP) is 1.59. The van der Waals surface area contributed by atoms with Gasteiger partial charge in [0.05, 0.1) is 11.9 Å². The number of anilines is 1. The van der Waals surface area contributed by atoms with E-state index in [2.05, 4.69) is 25.8 Å². The van der Waals surface area contributed by atoms with E-state index in [1.165, 1.54) is 12.4 Å². The molecule has 0 spiro atoms. The fourth-order valence-electron chi connectivity index (χ4n) is 1.31. The van der Waals surface area contributed by atoms with Gasteiger partial charge in [0.15, 0.2) is 4.21 Å². The topological polar surface area (TPSA) is 101 Å². The highest BCUT2D eigenvalue weighted by Gasteiger charge is 2.20. The molecule has 2 aromatic rings. The molecule has 7 nitrogen and oxygen atoms in total. The number of nitrogens with one attached hydrogen (secondary N) is 1. The van der Waals surface area contributed by atoms with Crippen LogP contribution in [0.5, 0.6) is 0 Å².